The zero-order chi connectivity index (χ0) is 14.9. The van der Waals surface area contributed by atoms with E-state index in [1.54, 1.807) is 25.1 Å². The molecule has 1 heterocycles. The van der Waals surface area contributed by atoms with Crippen LogP contribution in [0.15, 0.2) is 22.7 Å². The molecule has 1 aromatic rings. The molecule has 108 valence electrons. The summed E-state index contributed by atoms with van der Waals surface area (Å²) in [6, 6.07) is 5.00. The SMILES string of the molecule is CCS(=O)(=O)CCCN1C(=O)C(=O)c2ccc(Br)cc21. The third-order valence-electron chi connectivity index (χ3n) is 3.21. The van der Waals surface area contributed by atoms with Gasteiger partial charge in [0.1, 0.15) is 9.84 Å². The van der Waals surface area contributed by atoms with Crippen LogP contribution in [-0.4, -0.2) is 38.2 Å². The third kappa shape index (κ3) is 2.93. The molecule has 0 unspecified atom stereocenters. The summed E-state index contributed by atoms with van der Waals surface area (Å²) in [6.07, 6.45) is 0.321. The first-order chi connectivity index (χ1) is 9.35. The smallest absolute Gasteiger partial charge is 0.299 e. The minimum atomic E-state index is -3.06. The molecule has 1 aliphatic rings. The van der Waals surface area contributed by atoms with E-state index in [4.69, 9.17) is 0 Å². The molecule has 0 radical (unpaired) electrons. The molecule has 1 amide bonds. The Hall–Kier alpha value is -1.21. The number of halogens is 1. The Morgan fingerprint density at radius 3 is 2.60 bits per heavy atom. The Labute approximate surface area is 126 Å². The number of carbonyl (C=O) groups is 2. The highest BCUT2D eigenvalue weighted by Crippen LogP contribution is 2.31. The first kappa shape index (κ1) is 15.2. The van der Waals surface area contributed by atoms with E-state index in [9.17, 15) is 18.0 Å². The quantitative estimate of drug-likeness (QED) is 0.751. The minimum absolute atomic E-state index is 0.0187. The summed E-state index contributed by atoms with van der Waals surface area (Å²) >= 11 is 3.30. The molecular weight excluding hydrogens is 346 g/mol. The summed E-state index contributed by atoms with van der Waals surface area (Å²) in [7, 11) is -3.06. The number of ketones is 1. The molecule has 0 aliphatic carbocycles. The topological polar surface area (TPSA) is 71.5 Å². The summed E-state index contributed by atoms with van der Waals surface area (Å²) in [6.45, 7) is 1.82. The Morgan fingerprint density at radius 2 is 1.95 bits per heavy atom. The Balaban J connectivity index is 2.16. The number of nitrogens with zero attached hydrogens (tertiary/aromatic N) is 1. The van der Waals surface area contributed by atoms with Crippen LogP contribution < -0.4 is 4.90 Å². The maximum atomic E-state index is 11.9. The van der Waals surface area contributed by atoms with Gasteiger partial charge in [-0.05, 0) is 24.6 Å². The van der Waals surface area contributed by atoms with Crippen LogP contribution in [0.1, 0.15) is 23.7 Å². The number of anilines is 1. The number of hydrogen-bond donors (Lipinski definition) is 0. The number of rotatable bonds is 5. The fraction of sp³-hybridized carbons (Fsp3) is 0.385. The van der Waals surface area contributed by atoms with Crippen molar-refractivity contribution in [1.29, 1.82) is 0 Å². The largest absolute Gasteiger partial charge is 0.305 e. The van der Waals surface area contributed by atoms with Gasteiger partial charge in [-0.25, -0.2) is 8.42 Å². The highest BCUT2D eigenvalue weighted by Gasteiger charge is 2.35. The van der Waals surface area contributed by atoms with Gasteiger partial charge in [0.25, 0.3) is 11.7 Å². The van der Waals surface area contributed by atoms with Crippen molar-refractivity contribution in [1.82, 2.24) is 0 Å². The molecule has 0 bridgehead atoms. The van der Waals surface area contributed by atoms with Crippen LogP contribution >= 0.6 is 15.9 Å². The lowest BCUT2D eigenvalue weighted by atomic mass is 10.1. The zero-order valence-corrected chi connectivity index (χ0v) is 13.3. The summed E-state index contributed by atoms with van der Waals surface area (Å²) < 4.78 is 23.6. The summed E-state index contributed by atoms with van der Waals surface area (Å²) in [5.41, 5.74) is 0.917. The number of carbonyl (C=O) groups excluding carboxylic acids is 2. The van der Waals surface area contributed by atoms with Crippen LogP contribution in [0, 0.1) is 0 Å². The van der Waals surface area contributed by atoms with Crippen molar-refractivity contribution in [3.63, 3.8) is 0 Å². The van der Waals surface area contributed by atoms with Crippen molar-refractivity contribution in [2.24, 2.45) is 0 Å². The lowest BCUT2D eigenvalue weighted by Crippen LogP contribution is -2.31. The first-order valence-electron chi connectivity index (χ1n) is 6.22. The van der Waals surface area contributed by atoms with Crippen molar-refractivity contribution >= 4 is 43.1 Å². The number of fused-ring (bicyclic) bond motifs is 1. The second-order valence-corrected chi connectivity index (χ2v) is 7.93. The fourth-order valence-corrected chi connectivity index (χ4v) is 3.28. The van der Waals surface area contributed by atoms with E-state index >= 15 is 0 Å². The number of benzene rings is 1. The molecule has 0 spiro atoms. The lowest BCUT2D eigenvalue weighted by molar-refractivity contribution is -0.114. The summed E-state index contributed by atoms with van der Waals surface area (Å²) in [4.78, 5) is 25.1. The van der Waals surface area contributed by atoms with Gasteiger partial charge >= 0.3 is 0 Å². The predicted octanol–water partition coefficient (Wildman–Crippen LogP) is 1.80. The Kier molecular flexibility index (Phi) is 4.29. The molecular formula is C13H14BrNO4S. The molecule has 0 fully saturated rings. The van der Waals surface area contributed by atoms with Gasteiger partial charge in [0, 0.05) is 16.8 Å². The van der Waals surface area contributed by atoms with Crippen molar-refractivity contribution in [3.8, 4) is 0 Å². The average Bonchev–Trinajstić information content (AvgIpc) is 2.63. The summed E-state index contributed by atoms with van der Waals surface area (Å²) in [5, 5.41) is 0. The van der Waals surface area contributed by atoms with Crippen LogP contribution in [0.2, 0.25) is 0 Å². The molecule has 2 rings (SSSR count). The van der Waals surface area contributed by atoms with Crippen LogP contribution in [0.5, 0.6) is 0 Å². The first-order valence-corrected chi connectivity index (χ1v) is 8.83. The van der Waals surface area contributed by atoms with Gasteiger partial charge in [-0.1, -0.05) is 22.9 Å². The summed E-state index contributed by atoms with van der Waals surface area (Å²) in [5.74, 6) is -1.02. The Morgan fingerprint density at radius 1 is 1.25 bits per heavy atom. The molecule has 1 aliphatic heterocycles. The zero-order valence-electron chi connectivity index (χ0n) is 10.9. The number of hydrogen-bond acceptors (Lipinski definition) is 4. The average molecular weight is 360 g/mol. The van der Waals surface area contributed by atoms with Crippen LogP contribution in [0.25, 0.3) is 0 Å². The van der Waals surface area contributed by atoms with Crippen LogP contribution in [0.4, 0.5) is 5.69 Å². The fourth-order valence-electron chi connectivity index (χ4n) is 2.08. The second kappa shape index (κ2) is 5.65. The third-order valence-corrected chi connectivity index (χ3v) is 5.50. The van der Waals surface area contributed by atoms with Gasteiger partial charge in [0.05, 0.1) is 17.0 Å². The number of Topliss-reactive ketones (excluding diaryl/α,β-unsaturated/α-hetero) is 1. The van der Waals surface area contributed by atoms with Gasteiger partial charge in [-0.2, -0.15) is 0 Å². The van der Waals surface area contributed by atoms with Crippen molar-refractivity contribution in [3.05, 3.63) is 28.2 Å². The molecule has 0 aromatic heterocycles. The highest BCUT2D eigenvalue weighted by molar-refractivity contribution is 9.10. The highest BCUT2D eigenvalue weighted by atomic mass is 79.9. The molecule has 5 nitrogen and oxygen atoms in total. The monoisotopic (exact) mass is 359 g/mol. The van der Waals surface area contributed by atoms with E-state index in [1.807, 2.05) is 0 Å². The van der Waals surface area contributed by atoms with E-state index in [2.05, 4.69) is 15.9 Å². The van der Waals surface area contributed by atoms with Crippen LogP contribution in [0.3, 0.4) is 0 Å². The van der Waals surface area contributed by atoms with Gasteiger partial charge < -0.3 is 4.90 Å². The van der Waals surface area contributed by atoms with Gasteiger partial charge in [0.15, 0.2) is 0 Å². The van der Waals surface area contributed by atoms with Crippen molar-refractivity contribution < 1.29 is 18.0 Å². The van der Waals surface area contributed by atoms with E-state index in [0.29, 0.717) is 17.7 Å². The normalized spacial score (nSPS) is 14.8. The van der Waals surface area contributed by atoms with E-state index < -0.39 is 21.5 Å². The van der Waals surface area contributed by atoms with E-state index in [-0.39, 0.29) is 18.1 Å². The molecule has 0 saturated heterocycles. The molecule has 0 atom stereocenters. The number of amides is 1. The molecule has 20 heavy (non-hydrogen) atoms. The number of sulfone groups is 1. The molecule has 0 saturated carbocycles. The predicted molar refractivity (Wildman–Crippen MR) is 79.8 cm³/mol. The van der Waals surface area contributed by atoms with Gasteiger partial charge in [-0.15, -0.1) is 0 Å². The van der Waals surface area contributed by atoms with Crippen molar-refractivity contribution in [2.45, 2.75) is 13.3 Å². The van der Waals surface area contributed by atoms with E-state index in [0.717, 1.165) is 4.47 Å². The molecule has 1 aromatic carbocycles. The molecule has 0 N–H and O–H groups in total. The van der Waals surface area contributed by atoms with Gasteiger partial charge in [-0.3, -0.25) is 9.59 Å². The minimum Gasteiger partial charge on any atom is -0.305 e. The van der Waals surface area contributed by atoms with E-state index in [1.165, 1.54) is 4.90 Å². The van der Waals surface area contributed by atoms with Gasteiger partial charge in [0.2, 0.25) is 0 Å². The van der Waals surface area contributed by atoms with Crippen LogP contribution in [-0.2, 0) is 14.6 Å². The maximum Gasteiger partial charge on any atom is 0.299 e. The lowest BCUT2D eigenvalue weighted by Gasteiger charge is -2.16. The molecule has 7 heteroatoms. The Bertz CT molecular complexity index is 669. The maximum absolute atomic E-state index is 11.9. The standard InChI is InChI=1S/C13H14BrNO4S/c1-2-20(18,19)7-3-6-15-11-8-9(14)4-5-10(11)12(16)13(15)17/h4-5,8H,2-3,6-7H2,1H3. The second-order valence-electron chi connectivity index (χ2n) is 4.54. The van der Waals surface area contributed by atoms with Crippen molar-refractivity contribution in [2.75, 3.05) is 23.0 Å².